The molecule has 0 unspecified atom stereocenters. The van der Waals surface area contributed by atoms with Crippen molar-refractivity contribution in [3.05, 3.63) is 182 Å². The summed E-state index contributed by atoms with van der Waals surface area (Å²) in [6.07, 6.45) is -8.15. The van der Waals surface area contributed by atoms with Crippen LogP contribution in [0.25, 0.3) is 0 Å². The van der Waals surface area contributed by atoms with E-state index in [1.165, 1.54) is 12.1 Å². The topological polar surface area (TPSA) is 20.9 Å². The van der Waals surface area contributed by atoms with Gasteiger partial charge in [0, 0.05) is 17.7 Å². The summed E-state index contributed by atoms with van der Waals surface area (Å²) in [6.45, 7) is 0.103. The number of alkyl halides is 3. The van der Waals surface area contributed by atoms with E-state index in [-0.39, 0.29) is 17.9 Å². The molecule has 0 radical (unpaired) electrons. The quantitative estimate of drug-likeness (QED) is 0.0392. The summed E-state index contributed by atoms with van der Waals surface area (Å²) in [7, 11) is 0. The van der Waals surface area contributed by atoms with Gasteiger partial charge in [0.05, 0.1) is 5.56 Å². The Morgan fingerprint density at radius 1 is 0.375 bits per heavy atom. The van der Waals surface area contributed by atoms with Crippen molar-refractivity contribution in [1.29, 1.82) is 0 Å². The zero-order valence-corrected chi connectivity index (χ0v) is 30.0. The highest BCUT2D eigenvalue weighted by molar-refractivity contribution is 7.20. The smallest absolute Gasteiger partial charge is 0.287 e. The summed E-state index contributed by atoms with van der Waals surface area (Å²) in [4.78, 5) is 11.9. The molecule has 0 aliphatic carbocycles. The number of carbonyl (C=O) groups is 1. The van der Waals surface area contributed by atoms with Crippen LogP contribution >= 0.6 is 0 Å². The van der Waals surface area contributed by atoms with Crippen LogP contribution < -0.4 is 26.4 Å². The van der Waals surface area contributed by atoms with E-state index < -0.39 is 156 Å². The first-order chi connectivity index (χ1) is 29.7. The average Bonchev–Trinajstić information content (AvgIpc) is 3.26. The number of hydrogen-bond acceptors (Lipinski definition) is 1. The Hall–Kier alpha value is -6.63. The highest BCUT2D eigenvalue weighted by Gasteiger charge is 2.52. The largest absolute Gasteiger partial charge is 0.416 e. The van der Waals surface area contributed by atoms with Gasteiger partial charge in [0.15, 0.2) is 82.2 Å². The number of aromatic nitrogens is 1. The van der Waals surface area contributed by atoms with Crippen LogP contribution in [0, 0.1) is 116 Å². The second-order valence-corrected chi connectivity index (χ2v) is 12.8. The summed E-state index contributed by atoms with van der Waals surface area (Å²) < 4.78 is 333. The maximum Gasteiger partial charge on any atom is 0.416 e. The van der Waals surface area contributed by atoms with Crippen molar-refractivity contribution in [1.82, 2.24) is 0 Å². The third kappa shape index (κ3) is 7.75. The molecule has 5 aromatic carbocycles. The van der Waals surface area contributed by atoms with Crippen molar-refractivity contribution >= 4 is 33.8 Å². The number of pyridine rings is 1. The number of nitrogens with zero attached hydrogens (tertiary/aromatic N) is 1. The molecule has 0 bridgehead atoms. The first-order valence-electron chi connectivity index (χ1n) is 16.5. The van der Waals surface area contributed by atoms with Crippen LogP contribution in [0.2, 0.25) is 0 Å². The molecule has 64 heavy (non-hydrogen) atoms. The molecule has 0 N–H and O–H groups in total. The van der Waals surface area contributed by atoms with Crippen molar-refractivity contribution in [2.75, 3.05) is 0 Å². The van der Waals surface area contributed by atoms with Crippen LogP contribution in [0.4, 0.5) is 101 Å². The van der Waals surface area contributed by atoms with Crippen LogP contribution in [0.15, 0.2) is 54.9 Å². The van der Waals surface area contributed by atoms with Gasteiger partial charge < -0.3 is 0 Å². The minimum Gasteiger partial charge on any atom is -0.287 e. The first kappa shape index (κ1) is 48.4. The molecule has 0 fully saturated rings. The Morgan fingerprint density at radius 2 is 0.609 bits per heavy atom. The van der Waals surface area contributed by atoms with Crippen molar-refractivity contribution in [3.63, 3.8) is 0 Å². The minimum absolute atomic E-state index is 0.103. The van der Waals surface area contributed by atoms with Gasteiger partial charge in [-0.15, -0.1) is 21.9 Å². The Balaban J connectivity index is 0.000000337. The van der Waals surface area contributed by atoms with Crippen molar-refractivity contribution in [2.45, 2.75) is 12.7 Å². The van der Waals surface area contributed by atoms with Crippen molar-refractivity contribution in [3.8, 4) is 0 Å². The highest BCUT2D eigenvalue weighted by atomic mass is 19.4. The Morgan fingerprint density at radius 3 is 0.844 bits per heavy atom. The third-order valence-electron chi connectivity index (χ3n) is 9.34. The molecule has 6 aromatic rings. The summed E-state index contributed by atoms with van der Waals surface area (Å²) in [5.41, 5.74) is -14.8. The molecule has 6 rings (SSSR count). The van der Waals surface area contributed by atoms with E-state index in [2.05, 4.69) is 0 Å². The van der Waals surface area contributed by atoms with E-state index >= 15 is 35.1 Å². The van der Waals surface area contributed by atoms with Gasteiger partial charge in [-0.1, -0.05) is 18.2 Å². The zero-order valence-electron chi connectivity index (χ0n) is 30.0. The molecule has 1 heterocycles. The molecule has 0 saturated carbocycles. The standard InChI is InChI=1S/C24BF20.C14H11F3NO/c26-5-1(6(27)14(35)21(42)13(5)34)25(2-7(28)15(36)22(43)16(37)8(2)29,3-9(30)17(38)23(44)18(39)10(3)31)4-11(32)19(40)24(45)20(41)12(4)33;15-14(16,17)12-6-4-11(5-7-12)13(19)10-18-8-2-1-3-9-18/h;1-9H,10H2/q-1;+1. The second-order valence-electron chi connectivity index (χ2n) is 12.8. The van der Waals surface area contributed by atoms with Gasteiger partial charge in [-0.05, 0) is 12.1 Å². The number of halogens is 23. The molecule has 0 aliphatic rings. The molecule has 0 atom stereocenters. The summed E-state index contributed by atoms with van der Waals surface area (Å²) >= 11 is 0. The van der Waals surface area contributed by atoms with Gasteiger partial charge in [0.2, 0.25) is 12.3 Å². The van der Waals surface area contributed by atoms with Gasteiger partial charge in [0.1, 0.15) is 52.7 Å². The first-order valence-corrected chi connectivity index (χ1v) is 16.5. The van der Waals surface area contributed by atoms with Crippen molar-refractivity contribution < 1.29 is 110 Å². The Labute approximate surface area is 339 Å². The third-order valence-corrected chi connectivity index (χ3v) is 9.34. The molecule has 0 saturated heterocycles. The molecule has 0 spiro atoms. The number of rotatable bonds is 7. The van der Waals surface area contributed by atoms with E-state index in [1.807, 2.05) is 6.07 Å². The maximum absolute atomic E-state index is 15.4. The van der Waals surface area contributed by atoms with E-state index in [0.717, 1.165) is 12.1 Å². The van der Waals surface area contributed by atoms with Crippen LogP contribution in [-0.4, -0.2) is 11.9 Å². The summed E-state index contributed by atoms with van der Waals surface area (Å²) in [5, 5.41) is 0. The number of Topliss-reactive ketones (excluding diaryl/α,β-unsaturated/α-hetero) is 1. The number of carbonyl (C=O) groups excluding carboxylic acids is 1. The highest BCUT2D eigenvalue weighted by Crippen LogP contribution is 2.32. The van der Waals surface area contributed by atoms with Crippen molar-refractivity contribution in [2.24, 2.45) is 0 Å². The maximum atomic E-state index is 15.4. The zero-order chi connectivity index (χ0) is 48.2. The fraction of sp³-hybridized carbons (Fsp3) is 0.0526. The fourth-order valence-electron chi connectivity index (χ4n) is 6.52. The number of benzene rings is 5. The second kappa shape index (κ2) is 17.5. The lowest BCUT2D eigenvalue weighted by atomic mass is 9.12. The predicted molar refractivity (Wildman–Crippen MR) is 172 cm³/mol. The lowest BCUT2D eigenvalue weighted by Crippen LogP contribution is -2.81. The number of ketones is 1. The van der Waals surface area contributed by atoms with Crippen LogP contribution in [0.5, 0.6) is 0 Å². The van der Waals surface area contributed by atoms with Gasteiger partial charge in [-0.2, -0.15) is 17.7 Å². The normalized spacial score (nSPS) is 11.8. The molecule has 1 aromatic heterocycles. The average molecular weight is 945 g/mol. The van der Waals surface area contributed by atoms with Crippen LogP contribution in [0.1, 0.15) is 15.9 Å². The summed E-state index contributed by atoms with van der Waals surface area (Å²) in [6, 6.07) is 9.62. The predicted octanol–water partition coefficient (Wildman–Crippen LogP) is 8.72. The lowest BCUT2D eigenvalue weighted by Gasteiger charge is -2.44. The molecule has 26 heteroatoms. The Kier molecular flexibility index (Phi) is 13.2. The van der Waals surface area contributed by atoms with Gasteiger partial charge in [-0.25, -0.2) is 87.8 Å². The van der Waals surface area contributed by atoms with Gasteiger partial charge in [-0.3, -0.25) is 4.79 Å². The van der Waals surface area contributed by atoms with E-state index in [0.29, 0.717) is 0 Å². The van der Waals surface area contributed by atoms with Crippen LogP contribution in [0.3, 0.4) is 0 Å². The molecular weight excluding hydrogens is 934 g/mol. The van der Waals surface area contributed by atoms with E-state index in [1.54, 1.807) is 29.1 Å². The Bertz CT molecular complexity index is 2470. The lowest BCUT2D eigenvalue weighted by molar-refractivity contribution is -0.683. The number of hydrogen-bond donors (Lipinski definition) is 0. The minimum atomic E-state index is -7.22. The SMILES string of the molecule is Fc1c(F)c(F)c([B-](c2c(F)c(F)c(F)c(F)c2F)(c2c(F)c(F)c(F)c(F)c2F)c2c(F)c(F)c(F)c(F)c2F)c(F)c1F.O=C(C[n+]1ccccc1)c1ccc(C(F)(F)F)cc1. The molecule has 0 amide bonds. The van der Waals surface area contributed by atoms with Crippen LogP contribution in [-0.2, 0) is 12.7 Å². The molecule has 338 valence electrons. The summed E-state index contributed by atoms with van der Waals surface area (Å²) in [5.74, 6) is -71.6. The monoisotopic (exact) mass is 945 g/mol. The van der Waals surface area contributed by atoms with E-state index in [9.17, 15) is 70.7 Å². The van der Waals surface area contributed by atoms with Gasteiger partial charge in [0.25, 0.3) is 0 Å². The molecule has 2 nitrogen and oxygen atoms in total. The molecular formula is C38H11BF23NO. The van der Waals surface area contributed by atoms with E-state index in [4.69, 9.17) is 0 Å². The fourth-order valence-corrected chi connectivity index (χ4v) is 6.52. The van der Waals surface area contributed by atoms with Gasteiger partial charge >= 0.3 is 6.18 Å². The molecule has 0 aliphatic heterocycles.